The zero-order chi connectivity index (χ0) is 20.3. The average molecular weight is 405 g/mol. The molecule has 0 radical (unpaired) electrons. The van der Waals surface area contributed by atoms with Gasteiger partial charge in [0.1, 0.15) is 11.4 Å². The number of likely N-dealkylation sites (N-methyl/N-ethyl adjacent to an activating group) is 1. The van der Waals surface area contributed by atoms with Crippen LogP contribution in [-0.4, -0.2) is 56.1 Å². The lowest BCUT2D eigenvalue weighted by Gasteiger charge is -2.33. The van der Waals surface area contributed by atoms with Crippen LogP contribution < -0.4 is 15.0 Å². The van der Waals surface area contributed by atoms with E-state index >= 15 is 0 Å². The molecule has 1 N–H and O–H groups in total. The van der Waals surface area contributed by atoms with Crippen LogP contribution in [0.4, 0.5) is 17.1 Å². The molecule has 9 heteroatoms. The van der Waals surface area contributed by atoms with Gasteiger partial charge in [0.25, 0.3) is 11.6 Å². The highest BCUT2D eigenvalue weighted by Gasteiger charge is 2.25. The largest absolute Gasteiger partial charge is 0.497 e. The fraction of sp³-hybridized carbons (Fsp3) is 0.316. The molecule has 1 amide bonds. The van der Waals surface area contributed by atoms with Gasteiger partial charge in [-0.3, -0.25) is 14.9 Å². The molecule has 1 aliphatic rings. The van der Waals surface area contributed by atoms with Gasteiger partial charge in [-0.05, 0) is 37.4 Å². The summed E-state index contributed by atoms with van der Waals surface area (Å²) in [5.74, 6) is 0.282. The molecule has 0 bridgehead atoms. The Bertz CT molecular complexity index is 880. The summed E-state index contributed by atoms with van der Waals surface area (Å²) in [6.45, 7) is 2.91. The standard InChI is InChI=1S/C19H21ClN4O4/c1-22-7-9-23(10-8-22)17-12-16(15(20)11-18(17)24(26)27)21-19(25)13-3-5-14(28-2)6-4-13/h3-6,11-12H,7-10H2,1-2H3,(H,21,25). The molecular formula is C19H21ClN4O4. The summed E-state index contributed by atoms with van der Waals surface area (Å²) in [4.78, 5) is 27.7. The number of nitrogens with one attached hydrogen (secondary N) is 1. The van der Waals surface area contributed by atoms with Gasteiger partial charge in [-0.2, -0.15) is 0 Å². The van der Waals surface area contributed by atoms with Crippen LogP contribution in [0.15, 0.2) is 36.4 Å². The number of anilines is 2. The zero-order valence-electron chi connectivity index (χ0n) is 15.6. The smallest absolute Gasteiger partial charge is 0.294 e. The molecule has 2 aromatic rings. The van der Waals surface area contributed by atoms with Crippen molar-refractivity contribution in [2.75, 3.05) is 50.6 Å². The van der Waals surface area contributed by atoms with Crippen LogP contribution >= 0.6 is 11.6 Å². The fourth-order valence-electron chi connectivity index (χ4n) is 3.03. The van der Waals surface area contributed by atoms with Gasteiger partial charge in [-0.25, -0.2) is 0 Å². The molecule has 3 rings (SSSR count). The van der Waals surface area contributed by atoms with E-state index in [4.69, 9.17) is 16.3 Å². The molecule has 28 heavy (non-hydrogen) atoms. The normalized spacial score (nSPS) is 14.6. The predicted octanol–water partition coefficient (Wildman–Crippen LogP) is 3.26. The molecule has 148 valence electrons. The van der Waals surface area contributed by atoms with Crippen molar-refractivity contribution in [2.45, 2.75) is 0 Å². The number of benzene rings is 2. The second-order valence-corrected chi connectivity index (χ2v) is 6.96. The van der Waals surface area contributed by atoms with E-state index in [0.717, 1.165) is 13.1 Å². The van der Waals surface area contributed by atoms with E-state index in [2.05, 4.69) is 10.2 Å². The van der Waals surface area contributed by atoms with Crippen molar-refractivity contribution in [3.8, 4) is 5.75 Å². The van der Waals surface area contributed by atoms with Gasteiger partial charge in [0.15, 0.2) is 0 Å². The number of hydrogen-bond acceptors (Lipinski definition) is 6. The van der Waals surface area contributed by atoms with E-state index in [1.807, 2.05) is 11.9 Å². The predicted molar refractivity (Wildman–Crippen MR) is 109 cm³/mol. The Balaban J connectivity index is 1.88. The molecule has 0 aromatic heterocycles. The number of nitro benzene ring substituents is 1. The number of piperazine rings is 1. The summed E-state index contributed by atoms with van der Waals surface area (Å²) in [6.07, 6.45) is 0. The number of carbonyl (C=O) groups excluding carboxylic acids is 1. The molecular weight excluding hydrogens is 384 g/mol. The topological polar surface area (TPSA) is 88.0 Å². The third-order valence-corrected chi connectivity index (χ3v) is 5.02. The van der Waals surface area contributed by atoms with Crippen molar-refractivity contribution in [3.63, 3.8) is 0 Å². The van der Waals surface area contributed by atoms with Crippen LogP contribution in [0.5, 0.6) is 5.75 Å². The highest BCUT2D eigenvalue weighted by molar-refractivity contribution is 6.34. The molecule has 0 saturated carbocycles. The molecule has 0 atom stereocenters. The van der Waals surface area contributed by atoms with Crippen molar-refractivity contribution < 1.29 is 14.5 Å². The molecule has 1 heterocycles. The number of methoxy groups -OCH3 is 1. The number of carbonyl (C=O) groups is 1. The summed E-state index contributed by atoms with van der Waals surface area (Å²) in [5, 5.41) is 14.4. The number of halogens is 1. The molecule has 0 spiro atoms. The van der Waals surface area contributed by atoms with E-state index in [9.17, 15) is 14.9 Å². The third kappa shape index (κ3) is 4.35. The number of ether oxygens (including phenoxy) is 1. The average Bonchev–Trinajstić information content (AvgIpc) is 2.69. The number of amides is 1. The Morgan fingerprint density at radius 1 is 1.18 bits per heavy atom. The van der Waals surface area contributed by atoms with Gasteiger partial charge in [0, 0.05) is 37.8 Å². The minimum Gasteiger partial charge on any atom is -0.497 e. The van der Waals surface area contributed by atoms with Crippen molar-refractivity contribution in [1.82, 2.24) is 4.90 Å². The minimum absolute atomic E-state index is 0.0722. The Morgan fingerprint density at radius 3 is 2.39 bits per heavy atom. The second-order valence-electron chi connectivity index (χ2n) is 6.55. The maximum Gasteiger partial charge on any atom is 0.294 e. The van der Waals surface area contributed by atoms with Gasteiger partial charge >= 0.3 is 0 Å². The lowest BCUT2D eigenvalue weighted by atomic mass is 10.1. The Kier molecular flexibility index (Phi) is 6.01. The van der Waals surface area contributed by atoms with Crippen LogP contribution in [0, 0.1) is 10.1 Å². The van der Waals surface area contributed by atoms with Crippen molar-refractivity contribution >= 4 is 34.6 Å². The summed E-state index contributed by atoms with van der Waals surface area (Å²) in [5.41, 5.74) is 1.14. The Morgan fingerprint density at radius 2 is 1.82 bits per heavy atom. The van der Waals surface area contributed by atoms with Gasteiger partial charge in [-0.1, -0.05) is 11.6 Å². The van der Waals surface area contributed by atoms with Crippen molar-refractivity contribution in [1.29, 1.82) is 0 Å². The van der Waals surface area contributed by atoms with Gasteiger partial charge in [0.2, 0.25) is 0 Å². The molecule has 2 aromatic carbocycles. The quantitative estimate of drug-likeness (QED) is 0.608. The molecule has 8 nitrogen and oxygen atoms in total. The lowest BCUT2D eigenvalue weighted by Crippen LogP contribution is -2.44. The first kappa shape index (κ1) is 19.9. The summed E-state index contributed by atoms with van der Waals surface area (Å²) >= 11 is 6.22. The second kappa shape index (κ2) is 8.45. The van der Waals surface area contributed by atoms with Crippen molar-refractivity contribution in [2.24, 2.45) is 0 Å². The van der Waals surface area contributed by atoms with E-state index in [1.165, 1.54) is 6.07 Å². The fourth-order valence-corrected chi connectivity index (χ4v) is 3.24. The summed E-state index contributed by atoms with van der Waals surface area (Å²) in [6, 6.07) is 9.50. The maximum atomic E-state index is 12.6. The van der Waals surface area contributed by atoms with E-state index in [1.54, 1.807) is 37.4 Å². The first-order chi connectivity index (χ1) is 13.4. The van der Waals surface area contributed by atoms with E-state index in [0.29, 0.717) is 35.8 Å². The molecule has 1 fully saturated rings. The third-order valence-electron chi connectivity index (χ3n) is 4.71. The highest BCUT2D eigenvalue weighted by atomic mass is 35.5. The van der Waals surface area contributed by atoms with E-state index < -0.39 is 4.92 Å². The minimum atomic E-state index is -0.450. The van der Waals surface area contributed by atoms with Crippen molar-refractivity contribution in [3.05, 3.63) is 57.1 Å². The zero-order valence-corrected chi connectivity index (χ0v) is 16.4. The Labute approximate surface area is 167 Å². The number of rotatable bonds is 5. The monoisotopic (exact) mass is 404 g/mol. The maximum absolute atomic E-state index is 12.6. The molecule has 1 aliphatic heterocycles. The van der Waals surface area contributed by atoms with Crippen LogP contribution in [-0.2, 0) is 0 Å². The number of nitro groups is 1. The lowest BCUT2D eigenvalue weighted by molar-refractivity contribution is -0.384. The molecule has 1 saturated heterocycles. The van der Waals surface area contributed by atoms with Crippen LogP contribution in [0.1, 0.15) is 10.4 Å². The van der Waals surface area contributed by atoms with Gasteiger partial charge < -0.3 is 19.9 Å². The van der Waals surface area contributed by atoms with E-state index in [-0.39, 0.29) is 16.6 Å². The summed E-state index contributed by atoms with van der Waals surface area (Å²) in [7, 11) is 3.56. The number of hydrogen-bond donors (Lipinski definition) is 1. The Hall–Kier alpha value is -2.84. The highest BCUT2D eigenvalue weighted by Crippen LogP contribution is 2.37. The molecule has 0 unspecified atom stereocenters. The first-order valence-corrected chi connectivity index (χ1v) is 9.13. The number of nitrogens with zero attached hydrogens (tertiary/aromatic N) is 3. The SMILES string of the molecule is COc1ccc(C(=O)Nc2cc(N3CCN(C)CC3)c([N+](=O)[O-])cc2Cl)cc1. The van der Waals surface area contributed by atoms with Crippen LogP contribution in [0.3, 0.4) is 0 Å². The molecule has 0 aliphatic carbocycles. The van der Waals surface area contributed by atoms with Crippen LogP contribution in [0.25, 0.3) is 0 Å². The van der Waals surface area contributed by atoms with Crippen LogP contribution in [0.2, 0.25) is 5.02 Å². The first-order valence-electron chi connectivity index (χ1n) is 8.76. The van der Waals surface area contributed by atoms with Gasteiger partial charge in [-0.15, -0.1) is 0 Å². The van der Waals surface area contributed by atoms with Gasteiger partial charge in [0.05, 0.1) is 22.7 Å². The summed E-state index contributed by atoms with van der Waals surface area (Å²) < 4.78 is 5.09.